The van der Waals surface area contributed by atoms with E-state index in [2.05, 4.69) is 0 Å². The van der Waals surface area contributed by atoms with Gasteiger partial charge in [-0.05, 0) is 11.7 Å². The van der Waals surface area contributed by atoms with Crippen LogP contribution in [0.5, 0.6) is 0 Å². The zero-order valence-electron chi connectivity index (χ0n) is 8.74. The molecule has 0 aromatic heterocycles. The van der Waals surface area contributed by atoms with E-state index in [4.69, 9.17) is 5.11 Å². The minimum Gasteiger partial charge on any atom is -0.480 e. The van der Waals surface area contributed by atoms with Gasteiger partial charge in [0.15, 0.2) is 15.7 Å². The Morgan fingerprint density at radius 2 is 1.79 bits per heavy atom. The first-order chi connectivity index (χ1) is 6.17. The van der Waals surface area contributed by atoms with Crippen LogP contribution < -0.4 is 0 Å². The Labute approximate surface area is 90.0 Å². The van der Waals surface area contributed by atoms with Crippen LogP contribution in [0.1, 0.15) is 0 Å². The second-order valence-electron chi connectivity index (χ2n) is 3.49. The van der Waals surface area contributed by atoms with E-state index in [1.807, 2.05) is 0 Å². The monoisotopic (exact) mass is 214 g/mol. The predicted molar refractivity (Wildman–Crippen MR) is 64.8 cm³/mol. The third-order valence-electron chi connectivity index (χ3n) is 2.43. The predicted octanol–water partition coefficient (Wildman–Crippen LogP) is -3.45. The lowest BCUT2D eigenvalue weighted by Crippen LogP contribution is -2.61. The van der Waals surface area contributed by atoms with Crippen molar-refractivity contribution >= 4 is 41.3 Å². The normalized spacial score (nSPS) is 20.9. The molecule has 14 heavy (non-hydrogen) atoms. The molecule has 0 rings (SSSR count). The van der Waals surface area contributed by atoms with Gasteiger partial charge in [-0.15, -0.1) is 11.8 Å². The van der Waals surface area contributed by atoms with Crippen LogP contribution in [0.15, 0.2) is 10.9 Å². The van der Waals surface area contributed by atoms with E-state index in [0.717, 1.165) is 7.85 Å². The number of carbonyl (C=O) groups is 1. The van der Waals surface area contributed by atoms with Gasteiger partial charge in [0.05, 0.1) is 5.50 Å². The van der Waals surface area contributed by atoms with Crippen molar-refractivity contribution in [2.45, 2.75) is 11.0 Å². The minimum atomic E-state index is -2.19. The minimum absolute atomic E-state index is 0.414. The molecule has 0 aliphatic heterocycles. The average Bonchev–Trinajstić information content (AvgIpc) is 2.04. The molecule has 0 heterocycles. The molecule has 0 aromatic carbocycles. The molecule has 0 unspecified atom stereocenters. The first kappa shape index (κ1) is 13.7. The van der Waals surface area contributed by atoms with Gasteiger partial charge >= 0.3 is 5.97 Å². The zero-order valence-corrected chi connectivity index (χ0v) is 9.55. The second kappa shape index (κ2) is 4.46. The highest BCUT2D eigenvalue weighted by molar-refractivity contribution is 8.01. The van der Waals surface area contributed by atoms with Gasteiger partial charge in [-0.25, -0.2) is 4.79 Å². The van der Waals surface area contributed by atoms with Gasteiger partial charge < -0.3 is 15.3 Å². The van der Waals surface area contributed by atoms with Crippen LogP contribution in [0.4, 0.5) is 0 Å². The Hall–Kier alpha value is -0.325. The van der Waals surface area contributed by atoms with E-state index in [-0.39, 0.29) is 0 Å². The fourth-order valence-electron chi connectivity index (χ4n) is 0.884. The number of aliphatic hydroxyl groups is 2. The lowest BCUT2D eigenvalue weighted by molar-refractivity contribution is -0.159. The van der Waals surface area contributed by atoms with E-state index in [9.17, 15) is 15.0 Å². The molecule has 0 saturated carbocycles. The van der Waals surface area contributed by atoms with Crippen molar-refractivity contribution in [2.75, 3.05) is 6.26 Å². The molecule has 0 radical (unpaired) electrons. The van der Waals surface area contributed by atoms with Gasteiger partial charge in [-0.3, -0.25) is 0 Å². The lowest BCUT2D eigenvalue weighted by atomic mass is 9.52. The molecule has 8 heteroatoms. The lowest BCUT2D eigenvalue weighted by Gasteiger charge is -2.36. The van der Waals surface area contributed by atoms with Crippen molar-refractivity contribution < 1.29 is 20.1 Å². The highest BCUT2D eigenvalue weighted by Crippen LogP contribution is 2.24. The summed E-state index contributed by atoms with van der Waals surface area (Å²) in [6, 6.07) is 0. The van der Waals surface area contributed by atoms with Crippen LogP contribution in [-0.2, 0) is 4.79 Å². The summed E-state index contributed by atoms with van der Waals surface area (Å²) in [5.74, 6) is -1.45. The van der Waals surface area contributed by atoms with E-state index in [1.54, 1.807) is 19.5 Å². The number of carboxylic acid groups (broad SMARTS) is 1. The number of rotatable bonds is 4. The summed E-state index contributed by atoms with van der Waals surface area (Å²) in [6.45, 7) is 0. The van der Waals surface area contributed by atoms with Crippen molar-refractivity contribution in [1.29, 1.82) is 0 Å². The summed E-state index contributed by atoms with van der Waals surface area (Å²) in [5.41, 5.74) is -3.55. The average molecular weight is 214 g/mol. The molecule has 4 nitrogen and oxygen atoms in total. The maximum atomic E-state index is 10.7. The summed E-state index contributed by atoms with van der Waals surface area (Å²) in [6.07, 6.45) is 1.79. The van der Waals surface area contributed by atoms with Gasteiger partial charge in [0, 0.05) is 0 Å². The Morgan fingerprint density at radius 1 is 1.36 bits per heavy atom. The molecule has 0 saturated heterocycles. The standard InChI is InChI=1S/C6H13B3O4S/c1-14-2-3(7)5(8,12)6(9,13)4(10)11/h2,12-13H,7-9H2,1H3,(H,10,11)/b3-2-/t5-,6+/m1/s1. The Balaban J connectivity index is 5.14. The molecule has 0 spiro atoms. The van der Waals surface area contributed by atoms with Gasteiger partial charge in [-0.2, -0.15) is 0 Å². The number of hydrogen-bond acceptors (Lipinski definition) is 4. The smallest absolute Gasteiger partial charge is 0.328 e. The molecular formula is C6H13B3O4S. The molecular weight excluding hydrogens is 201 g/mol. The van der Waals surface area contributed by atoms with Crippen LogP contribution >= 0.6 is 11.8 Å². The van der Waals surface area contributed by atoms with Crippen molar-refractivity contribution in [3.8, 4) is 0 Å². The first-order valence-corrected chi connectivity index (χ1v) is 5.35. The van der Waals surface area contributed by atoms with Crippen LogP contribution in [-0.4, -0.2) is 62.1 Å². The topological polar surface area (TPSA) is 77.8 Å². The molecule has 0 aromatic rings. The van der Waals surface area contributed by atoms with E-state index in [1.165, 1.54) is 19.6 Å². The molecule has 76 valence electrons. The maximum absolute atomic E-state index is 10.7. The molecule has 0 aliphatic rings. The largest absolute Gasteiger partial charge is 0.480 e. The fraction of sp³-hybridized carbons (Fsp3) is 0.500. The molecule has 0 amide bonds. The third kappa shape index (κ3) is 2.37. The van der Waals surface area contributed by atoms with Gasteiger partial charge in [0.2, 0.25) is 0 Å². The van der Waals surface area contributed by atoms with Crippen molar-refractivity contribution in [3.63, 3.8) is 0 Å². The maximum Gasteiger partial charge on any atom is 0.328 e. The fourth-order valence-corrected chi connectivity index (χ4v) is 1.47. The van der Waals surface area contributed by atoms with Gasteiger partial charge in [0.1, 0.15) is 13.3 Å². The first-order valence-electron chi connectivity index (χ1n) is 4.06. The highest BCUT2D eigenvalue weighted by Gasteiger charge is 2.48. The molecule has 2 atom stereocenters. The second-order valence-corrected chi connectivity index (χ2v) is 4.19. The van der Waals surface area contributed by atoms with Crippen LogP contribution in [0.25, 0.3) is 0 Å². The Kier molecular flexibility index (Phi) is 4.36. The van der Waals surface area contributed by atoms with Crippen molar-refractivity contribution in [3.05, 3.63) is 10.9 Å². The summed E-state index contributed by atoms with van der Waals surface area (Å²) in [7, 11) is 3.93. The van der Waals surface area contributed by atoms with E-state index >= 15 is 0 Å². The molecule has 0 bridgehead atoms. The number of thioether (sulfide) groups is 1. The number of carboxylic acids is 1. The van der Waals surface area contributed by atoms with Crippen molar-refractivity contribution in [2.24, 2.45) is 0 Å². The summed E-state index contributed by atoms with van der Waals surface area (Å²) >= 11 is 1.34. The Bertz CT molecular complexity index is 264. The van der Waals surface area contributed by atoms with E-state index < -0.39 is 17.0 Å². The molecule has 0 fully saturated rings. The number of aliphatic carboxylic acids is 1. The Morgan fingerprint density at radius 3 is 2.07 bits per heavy atom. The van der Waals surface area contributed by atoms with E-state index in [0.29, 0.717) is 5.47 Å². The summed E-state index contributed by atoms with van der Waals surface area (Å²) in [4.78, 5) is 10.7. The van der Waals surface area contributed by atoms with Gasteiger partial charge in [0.25, 0.3) is 0 Å². The SMILES string of the molecule is B/C(=C\SC)[C@@](B)(O)[C@@](B)(O)C(=O)O. The number of hydrogen-bond donors (Lipinski definition) is 3. The molecule has 0 aliphatic carbocycles. The van der Waals surface area contributed by atoms with Gasteiger partial charge in [-0.1, -0.05) is 5.47 Å². The molecule has 3 N–H and O–H groups in total. The quantitative estimate of drug-likeness (QED) is 0.424. The van der Waals surface area contributed by atoms with Crippen molar-refractivity contribution in [1.82, 2.24) is 0 Å². The summed E-state index contributed by atoms with van der Waals surface area (Å²) in [5, 5.41) is 29.9. The zero-order chi connectivity index (χ0) is 11.6. The van der Waals surface area contributed by atoms with Crippen LogP contribution in [0.3, 0.4) is 0 Å². The van der Waals surface area contributed by atoms with Crippen LogP contribution in [0.2, 0.25) is 0 Å². The summed E-state index contributed by atoms with van der Waals surface area (Å²) < 4.78 is 0. The third-order valence-corrected chi connectivity index (χ3v) is 3.02. The van der Waals surface area contributed by atoms with Crippen LogP contribution in [0, 0.1) is 0 Å². The highest BCUT2D eigenvalue weighted by atomic mass is 32.2.